The molecule has 0 fully saturated rings. The fourth-order valence-electron chi connectivity index (χ4n) is 1.43. The molecular weight excluding hydrogens is 197 g/mol. The maximum atomic E-state index is 13.6. The van der Waals surface area contributed by atoms with Gasteiger partial charge in [0.25, 0.3) is 0 Å². The van der Waals surface area contributed by atoms with Crippen molar-refractivity contribution in [3.63, 3.8) is 0 Å². The third kappa shape index (κ3) is 2.59. The molecule has 0 N–H and O–H groups in total. The second-order valence-corrected chi connectivity index (χ2v) is 3.50. The van der Waals surface area contributed by atoms with Gasteiger partial charge in [-0.25, -0.2) is 4.39 Å². The van der Waals surface area contributed by atoms with Crippen molar-refractivity contribution in [2.24, 2.45) is 0 Å². The Bertz CT molecular complexity index is 340. The van der Waals surface area contributed by atoms with Gasteiger partial charge in [-0.2, -0.15) is 0 Å². The number of ether oxygens (including phenoxy) is 2. The predicted octanol–water partition coefficient (Wildman–Crippen LogP) is 1.90. The Balaban J connectivity index is 3.19. The van der Waals surface area contributed by atoms with Crippen molar-refractivity contribution in [2.45, 2.75) is 6.54 Å². The summed E-state index contributed by atoms with van der Waals surface area (Å²) in [6.45, 7) is 0.478. The van der Waals surface area contributed by atoms with E-state index in [0.29, 0.717) is 23.6 Å². The molecule has 0 amide bonds. The molecule has 0 saturated carbocycles. The highest BCUT2D eigenvalue weighted by Gasteiger charge is 2.15. The van der Waals surface area contributed by atoms with E-state index in [9.17, 15) is 4.39 Å². The van der Waals surface area contributed by atoms with Gasteiger partial charge in [0.15, 0.2) is 11.5 Å². The van der Waals surface area contributed by atoms with Crippen LogP contribution in [-0.4, -0.2) is 33.2 Å². The average molecular weight is 213 g/mol. The van der Waals surface area contributed by atoms with Gasteiger partial charge in [0.2, 0.25) is 0 Å². The zero-order chi connectivity index (χ0) is 11.4. The fraction of sp³-hybridized carbons (Fsp3) is 0.455. The molecule has 3 nitrogen and oxygen atoms in total. The zero-order valence-electron chi connectivity index (χ0n) is 9.50. The van der Waals surface area contributed by atoms with Crippen LogP contribution in [0.15, 0.2) is 12.1 Å². The molecule has 15 heavy (non-hydrogen) atoms. The smallest absolute Gasteiger partial charge is 0.168 e. The van der Waals surface area contributed by atoms with Crippen molar-refractivity contribution in [2.75, 3.05) is 28.3 Å². The summed E-state index contributed by atoms with van der Waals surface area (Å²) in [7, 11) is 6.79. The summed E-state index contributed by atoms with van der Waals surface area (Å²) in [5, 5.41) is 0. The van der Waals surface area contributed by atoms with E-state index in [1.165, 1.54) is 20.3 Å². The van der Waals surface area contributed by atoms with Gasteiger partial charge in [0.05, 0.1) is 14.2 Å². The number of methoxy groups -OCH3 is 2. The van der Waals surface area contributed by atoms with Gasteiger partial charge in [0.1, 0.15) is 5.82 Å². The quantitative estimate of drug-likeness (QED) is 0.762. The average Bonchev–Trinajstić information content (AvgIpc) is 2.20. The van der Waals surface area contributed by atoms with Gasteiger partial charge in [-0.05, 0) is 26.2 Å². The molecule has 1 rings (SSSR count). The minimum atomic E-state index is -0.277. The van der Waals surface area contributed by atoms with Gasteiger partial charge in [-0.3, -0.25) is 0 Å². The van der Waals surface area contributed by atoms with Gasteiger partial charge in [-0.15, -0.1) is 0 Å². The zero-order valence-corrected chi connectivity index (χ0v) is 9.50. The number of hydrogen-bond donors (Lipinski definition) is 0. The Morgan fingerprint density at radius 2 is 1.87 bits per heavy atom. The summed E-state index contributed by atoms with van der Waals surface area (Å²) in [4.78, 5) is 1.88. The minimum absolute atomic E-state index is 0.277. The maximum Gasteiger partial charge on any atom is 0.168 e. The topological polar surface area (TPSA) is 21.7 Å². The van der Waals surface area contributed by atoms with E-state index in [0.717, 1.165) is 0 Å². The van der Waals surface area contributed by atoms with Crippen molar-refractivity contribution >= 4 is 0 Å². The molecule has 1 aromatic rings. The van der Waals surface area contributed by atoms with Crippen LogP contribution in [0.2, 0.25) is 0 Å². The molecule has 0 aliphatic heterocycles. The van der Waals surface area contributed by atoms with Gasteiger partial charge < -0.3 is 14.4 Å². The molecule has 4 heteroatoms. The largest absolute Gasteiger partial charge is 0.493 e. The maximum absolute atomic E-state index is 13.6. The summed E-state index contributed by atoms with van der Waals surface area (Å²) < 4.78 is 23.8. The summed E-state index contributed by atoms with van der Waals surface area (Å²) in [5.41, 5.74) is 0.516. The van der Waals surface area contributed by atoms with Crippen LogP contribution >= 0.6 is 0 Å². The minimum Gasteiger partial charge on any atom is -0.493 e. The number of halogens is 1. The molecule has 0 atom stereocenters. The molecule has 0 heterocycles. The Labute approximate surface area is 89.4 Å². The van der Waals surface area contributed by atoms with E-state index < -0.39 is 0 Å². The molecule has 0 spiro atoms. The number of benzene rings is 1. The predicted molar refractivity (Wildman–Crippen MR) is 56.9 cm³/mol. The lowest BCUT2D eigenvalue weighted by atomic mass is 10.1. The number of nitrogens with zero attached hydrogens (tertiary/aromatic N) is 1. The first kappa shape index (κ1) is 11.8. The van der Waals surface area contributed by atoms with Crippen LogP contribution in [-0.2, 0) is 6.54 Å². The second-order valence-electron chi connectivity index (χ2n) is 3.50. The molecule has 1 aromatic carbocycles. The van der Waals surface area contributed by atoms with Crippen LogP contribution in [0.1, 0.15) is 5.56 Å². The normalized spacial score (nSPS) is 10.5. The Morgan fingerprint density at radius 1 is 1.20 bits per heavy atom. The first-order chi connectivity index (χ1) is 7.10. The van der Waals surface area contributed by atoms with Crippen LogP contribution < -0.4 is 9.47 Å². The summed E-state index contributed by atoms with van der Waals surface area (Å²) in [5.74, 6) is 0.739. The van der Waals surface area contributed by atoms with Crippen LogP contribution in [0, 0.1) is 5.82 Å². The molecule has 0 unspecified atom stereocenters. The first-order valence-electron chi connectivity index (χ1n) is 4.64. The van der Waals surface area contributed by atoms with E-state index in [1.54, 1.807) is 6.07 Å². The van der Waals surface area contributed by atoms with Crippen molar-refractivity contribution in [1.29, 1.82) is 0 Å². The van der Waals surface area contributed by atoms with Gasteiger partial charge in [-0.1, -0.05) is 0 Å². The third-order valence-electron chi connectivity index (χ3n) is 2.07. The van der Waals surface area contributed by atoms with E-state index >= 15 is 0 Å². The molecule has 0 saturated heterocycles. The van der Waals surface area contributed by atoms with E-state index in [1.807, 2.05) is 19.0 Å². The molecule has 0 bridgehead atoms. The van der Waals surface area contributed by atoms with Crippen molar-refractivity contribution < 1.29 is 13.9 Å². The second kappa shape index (κ2) is 4.98. The van der Waals surface area contributed by atoms with E-state index in [4.69, 9.17) is 9.47 Å². The monoisotopic (exact) mass is 213 g/mol. The number of rotatable bonds is 4. The van der Waals surface area contributed by atoms with Crippen molar-refractivity contribution in [3.05, 3.63) is 23.5 Å². The SMILES string of the molecule is COc1ccc(F)c(CN(C)C)c1OC. The van der Waals surface area contributed by atoms with Crippen molar-refractivity contribution in [3.8, 4) is 11.5 Å². The molecule has 0 aromatic heterocycles. The Morgan fingerprint density at radius 3 is 2.33 bits per heavy atom. The Hall–Kier alpha value is -1.29. The molecule has 0 aliphatic carbocycles. The lowest BCUT2D eigenvalue weighted by Crippen LogP contribution is -2.13. The van der Waals surface area contributed by atoms with Gasteiger partial charge in [0, 0.05) is 12.1 Å². The molecular formula is C11H16FNO2. The number of hydrogen-bond acceptors (Lipinski definition) is 3. The van der Waals surface area contributed by atoms with E-state index in [-0.39, 0.29) is 5.82 Å². The molecule has 0 aliphatic rings. The summed E-state index contributed by atoms with van der Waals surface area (Å²) >= 11 is 0. The third-order valence-corrected chi connectivity index (χ3v) is 2.07. The molecule has 0 radical (unpaired) electrons. The Kier molecular flexibility index (Phi) is 3.91. The fourth-order valence-corrected chi connectivity index (χ4v) is 1.43. The first-order valence-corrected chi connectivity index (χ1v) is 4.64. The highest BCUT2D eigenvalue weighted by Crippen LogP contribution is 2.33. The lowest BCUT2D eigenvalue weighted by Gasteiger charge is -2.16. The molecule has 84 valence electrons. The highest BCUT2D eigenvalue weighted by molar-refractivity contribution is 5.47. The lowest BCUT2D eigenvalue weighted by molar-refractivity contribution is 0.332. The van der Waals surface area contributed by atoms with E-state index in [2.05, 4.69) is 0 Å². The summed E-state index contributed by atoms with van der Waals surface area (Å²) in [6.07, 6.45) is 0. The van der Waals surface area contributed by atoms with Gasteiger partial charge >= 0.3 is 0 Å². The highest BCUT2D eigenvalue weighted by atomic mass is 19.1. The summed E-state index contributed by atoms with van der Waals surface area (Å²) in [6, 6.07) is 2.95. The standard InChI is InChI=1S/C11H16FNO2/c1-13(2)7-8-9(12)5-6-10(14-3)11(8)15-4/h5-6H,7H2,1-4H3. The van der Waals surface area contributed by atoms with Crippen LogP contribution in [0.3, 0.4) is 0 Å². The van der Waals surface area contributed by atoms with Crippen LogP contribution in [0.4, 0.5) is 4.39 Å². The van der Waals surface area contributed by atoms with Crippen LogP contribution in [0.25, 0.3) is 0 Å². The van der Waals surface area contributed by atoms with Crippen LogP contribution in [0.5, 0.6) is 11.5 Å². The van der Waals surface area contributed by atoms with Crippen molar-refractivity contribution in [1.82, 2.24) is 4.90 Å².